The van der Waals surface area contributed by atoms with Gasteiger partial charge in [-0.2, -0.15) is 0 Å². The van der Waals surface area contributed by atoms with Crippen LogP contribution in [0.25, 0.3) is 12.2 Å². The summed E-state index contributed by atoms with van der Waals surface area (Å²) in [6, 6.07) is 8.51. The maximum Gasteiger partial charge on any atom is -0.00256 e. The smallest absolute Gasteiger partial charge is 0.00256 e. The fourth-order valence-electron chi connectivity index (χ4n) is 2.05. The highest BCUT2D eigenvalue weighted by Crippen LogP contribution is 2.26. The molecular weight excluding hydrogens is 180 g/mol. The lowest BCUT2D eigenvalue weighted by Gasteiger charge is -2.12. The van der Waals surface area contributed by atoms with E-state index >= 15 is 0 Å². The van der Waals surface area contributed by atoms with E-state index in [1.165, 1.54) is 22.3 Å². The first-order valence-electron chi connectivity index (χ1n) is 5.27. The highest BCUT2D eigenvalue weighted by atomic mass is 14.1. The van der Waals surface area contributed by atoms with Crippen molar-refractivity contribution in [3.8, 4) is 0 Å². The van der Waals surface area contributed by atoms with Crippen molar-refractivity contribution in [1.82, 2.24) is 0 Å². The molecule has 15 heavy (non-hydrogen) atoms. The van der Waals surface area contributed by atoms with E-state index in [1.54, 1.807) is 0 Å². The summed E-state index contributed by atoms with van der Waals surface area (Å²) in [4.78, 5) is 0. The lowest BCUT2D eigenvalue weighted by atomic mass is 9.93. The quantitative estimate of drug-likeness (QED) is 0.583. The summed E-state index contributed by atoms with van der Waals surface area (Å²) in [5.41, 5.74) is 5.40. The standard InChI is InChI=1S/C15H12/c1-2-7-15-11-13-5-3-4-12(10-13)8-9-14(15)6-1/h1-9,11H,10H2. The second-order valence-corrected chi connectivity index (χ2v) is 3.96. The summed E-state index contributed by atoms with van der Waals surface area (Å²) >= 11 is 0. The summed E-state index contributed by atoms with van der Waals surface area (Å²) in [7, 11) is 0. The molecule has 2 aliphatic rings. The Morgan fingerprint density at radius 3 is 2.60 bits per heavy atom. The van der Waals surface area contributed by atoms with E-state index < -0.39 is 0 Å². The normalized spacial score (nSPS) is 17.3. The lowest BCUT2D eigenvalue weighted by molar-refractivity contribution is 1.20. The molecule has 72 valence electrons. The third-order valence-electron chi connectivity index (χ3n) is 2.84. The van der Waals surface area contributed by atoms with Crippen LogP contribution in [-0.2, 0) is 0 Å². The fourth-order valence-corrected chi connectivity index (χ4v) is 2.05. The maximum absolute atomic E-state index is 2.28. The van der Waals surface area contributed by atoms with Crippen LogP contribution in [0.5, 0.6) is 0 Å². The molecule has 2 aliphatic carbocycles. The molecular formula is C15H12. The summed E-state index contributed by atoms with van der Waals surface area (Å²) in [5, 5.41) is 0. The van der Waals surface area contributed by atoms with Crippen LogP contribution in [0.15, 0.2) is 59.7 Å². The van der Waals surface area contributed by atoms with Crippen LogP contribution < -0.4 is 0 Å². The first kappa shape index (κ1) is 8.49. The summed E-state index contributed by atoms with van der Waals surface area (Å²) in [6.07, 6.45) is 14.3. The van der Waals surface area contributed by atoms with Gasteiger partial charge in [0.2, 0.25) is 0 Å². The van der Waals surface area contributed by atoms with E-state index in [0.29, 0.717) is 0 Å². The van der Waals surface area contributed by atoms with Gasteiger partial charge in [-0.1, -0.05) is 60.7 Å². The molecule has 1 aromatic carbocycles. The molecule has 0 unspecified atom stereocenters. The summed E-state index contributed by atoms with van der Waals surface area (Å²) < 4.78 is 0. The lowest BCUT2D eigenvalue weighted by Crippen LogP contribution is -1.92. The Labute approximate surface area is 89.9 Å². The minimum Gasteiger partial charge on any atom is -0.0617 e. The highest BCUT2D eigenvalue weighted by Gasteiger charge is 2.06. The largest absolute Gasteiger partial charge is 0.0617 e. The van der Waals surface area contributed by atoms with Crippen molar-refractivity contribution in [2.75, 3.05) is 0 Å². The maximum atomic E-state index is 2.28. The van der Waals surface area contributed by atoms with Crippen LogP contribution in [0.3, 0.4) is 0 Å². The van der Waals surface area contributed by atoms with Crippen molar-refractivity contribution in [2.24, 2.45) is 0 Å². The van der Waals surface area contributed by atoms with Crippen LogP contribution in [0.4, 0.5) is 0 Å². The third-order valence-corrected chi connectivity index (χ3v) is 2.84. The van der Waals surface area contributed by atoms with Crippen LogP contribution in [0.2, 0.25) is 0 Å². The average molecular weight is 192 g/mol. The molecule has 0 spiro atoms. The first-order valence-corrected chi connectivity index (χ1v) is 5.27. The van der Waals surface area contributed by atoms with E-state index in [2.05, 4.69) is 60.7 Å². The molecule has 0 nitrogen and oxygen atoms in total. The van der Waals surface area contributed by atoms with Crippen molar-refractivity contribution in [3.05, 3.63) is 70.8 Å². The number of hydrogen-bond donors (Lipinski definition) is 0. The Morgan fingerprint density at radius 1 is 0.800 bits per heavy atom. The van der Waals surface area contributed by atoms with Gasteiger partial charge in [-0.15, -0.1) is 0 Å². The van der Waals surface area contributed by atoms with Gasteiger partial charge in [0.1, 0.15) is 0 Å². The Hall–Kier alpha value is -1.82. The molecule has 1 aromatic rings. The predicted molar refractivity (Wildman–Crippen MR) is 65.3 cm³/mol. The molecule has 0 N–H and O–H groups in total. The molecule has 2 bridgehead atoms. The third kappa shape index (κ3) is 1.59. The second-order valence-electron chi connectivity index (χ2n) is 3.96. The van der Waals surface area contributed by atoms with E-state index in [4.69, 9.17) is 0 Å². The minimum atomic E-state index is 1.06. The zero-order chi connectivity index (χ0) is 10.1. The van der Waals surface area contributed by atoms with Crippen LogP contribution in [0, 0.1) is 0 Å². The van der Waals surface area contributed by atoms with Gasteiger partial charge in [-0.3, -0.25) is 0 Å². The van der Waals surface area contributed by atoms with Gasteiger partial charge in [0.05, 0.1) is 0 Å². The van der Waals surface area contributed by atoms with E-state index in [-0.39, 0.29) is 0 Å². The Bertz CT molecular complexity index is 511. The van der Waals surface area contributed by atoms with Crippen molar-refractivity contribution in [1.29, 1.82) is 0 Å². The zero-order valence-corrected chi connectivity index (χ0v) is 8.48. The molecule has 0 aromatic heterocycles. The Morgan fingerprint density at radius 2 is 1.67 bits per heavy atom. The SMILES string of the molecule is C1=CC2=Cc3ccccc3C=CC(=C1)C2. The topological polar surface area (TPSA) is 0 Å². The number of hydrogen-bond acceptors (Lipinski definition) is 0. The summed E-state index contributed by atoms with van der Waals surface area (Å²) in [6.45, 7) is 0. The molecule has 0 aliphatic heterocycles. The number of rotatable bonds is 0. The van der Waals surface area contributed by atoms with Gasteiger partial charge in [-0.25, -0.2) is 0 Å². The Kier molecular flexibility index (Phi) is 1.92. The van der Waals surface area contributed by atoms with Crippen molar-refractivity contribution in [3.63, 3.8) is 0 Å². The van der Waals surface area contributed by atoms with E-state index in [0.717, 1.165) is 6.42 Å². The number of benzene rings is 1. The van der Waals surface area contributed by atoms with Crippen LogP contribution in [0.1, 0.15) is 17.5 Å². The molecule has 3 rings (SSSR count). The van der Waals surface area contributed by atoms with Gasteiger partial charge >= 0.3 is 0 Å². The van der Waals surface area contributed by atoms with Crippen molar-refractivity contribution >= 4 is 12.2 Å². The van der Waals surface area contributed by atoms with Crippen LogP contribution in [-0.4, -0.2) is 0 Å². The van der Waals surface area contributed by atoms with Gasteiger partial charge < -0.3 is 0 Å². The molecule has 0 saturated heterocycles. The Balaban J connectivity index is 2.22. The fraction of sp³-hybridized carbons (Fsp3) is 0.0667. The average Bonchev–Trinajstić information content (AvgIpc) is 2.27. The molecule has 0 radical (unpaired) electrons. The monoisotopic (exact) mass is 192 g/mol. The van der Waals surface area contributed by atoms with Crippen molar-refractivity contribution < 1.29 is 0 Å². The van der Waals surface area contributed by atoms with Crippen molar-refractivity contribution in [2.45, 2.75) is 6.42 Å². The zero-order valence-electron chi connectivity index (χ0n) is 8.48. The second kappa shape index (κ2) is 3.39. The molecule has 0 amide bonds. The highest BCUT2D eigenvalue weighted by molar-refractivity contribution is 5.71. The van der Waals surface area contributed by atoms with E-state index in [1.807, 2.05) is 0 Å². The minimum absolute atomic E-state index is 1.06. The predicted octanol–water partition coefficient (Wildman–Crippen LogP) is 3.98. The molecule has 0 heterocycles. The van der Waals surface area contributed by atoms with E-state index in [9.17, 15) is 0 Å². The number of allylic oxidation sites excluding steroid dienone is 6. The molecule has 0 saturated carbocycles. The first-order chi connectivity index (χ1) is 7.42. The van der Waals surface area contributed by atoms with Gasteiger partial charge in [-0.05, 0) is 28.7 Å². The molecule has 0 heteroatoms. The van der Waals surface area contributed by atoms with Gasteiger partial charge in [0.25, 0.3) is 0 Å². The van der Waals surface area contributed by atoms with Gasteiger partial charge in [0, 0.05) is 0 Å². The molecule has 0 atom stereocenters. The number of fused-ring (bicyclic) bond motifs is 3. The van der Waals surface area contributed by atoms with Crippen LogP contribution >= 0.6 is 0 Å². The van der Waals surface area contributed by atoms with Gasteiger partial charge in [0.15, 0.2) is 0 Å². The molecule has 0 fully saturated rings. The summed E-state index contributed by atoms with van der Waals surface area (Å²) in [5.74, 6) is 0.